The minimum Gasteiger partial charge on any atom is -0.453 e. The topological polar surface area (TPSA) is 94.5 Å². The number of nitrogens with one attached hydrogen (secondary N) is 2. The highest BCUT2D eigenvalue weighted by Crippen LogP contribution is 2.15. The Bertz CT molecular complexity index is 779. The summed E-state index contributed by atoms with van der Waals surface area (Å²) < 4.78 is 4.51. The molecule has 0 unspecified atom stereocenters. The van der Waals surface area contributed by atoms with Gasteiger partial charge in [0.05, 0.1) is 18.7 Å². The number of ether oxygens (including phenoxy) is 1. The van der Waals surface area contributed by atoms with Gasteiger partial charge in [0.1, 0.15) is 0 Å². The molecule has 0 saturated carbocycles. The lowest BCUT2D eigenvalue weighted by Crippen LogP contribution is -2.30. The lowest BCUT2D eigenvalue weighted by atomic mass is 10.1. The predicted octanol–water partition coefficient (Wildman–Crippen LogP) is 3.40. The van der Waals surface area contributed by atoms with E-state index in [4.69, 9.17) is 5.26 Å². The van der Waals surface area contributed by atoms with Gasteiger partial charge in [0.25, 0.3) is 0 Å². The third-order valence-electron chi connectivity index (χ3n) is 3.42. The van der Waals surface area contributed by atoms with Crippen LogP contribution < -0.4 is 10.6 Å². The van der Waals surface area contributed by atoms with Crippen molar-refractivity contribution in [2.75, 3.05) is 24.8 Å². The fourth-order valence-electron chi connectivity index (χ4n) is 2.06. The second-order valence-electron chi connectivity index (χ2n) is 5.29. The standard InChI is InChI=1S/C18H18N4O3/c1-22(12-14-5-3-13(11-19)4-6-14)17(23)20-15-7-9-16(10-8-15)21-18(24)25-2/h3-10H,12H2,1-2H3,(H,20,23)(H,21,24). The predicted molar refractivity (Wildman–Crippen MR) is 94.1 cm³/mol. The van der Waals surface area contributed by atoms with Gasteiger partial charge < -0.3 is 15.0 Å². The van der Waals surface area contributed by atoms with Crippen LogP contribution in [0, 0.1) is 11.3 Å². The van der Waals surface area contributed by atoms with Crippen LogP contribution in [0.3, 0.4) is 0 Å². The third kappa shape index (κ3) is 5.25. The summed E-state index contributed by atoms with van der Waals surface area (Å²) in [6, 6.07) is 15.5. The zero-order chi connectivity index (χ0) is 18.2. The second-order valence-corrected chi connectivity index (χ2v) is 5.29. The molecule has 0 atom stereocenters. The van der Waals surface area contributed by atoms with Crippen LogP contribution in [-0.2, 0) is 11.3 Å². The van der Waals surface area contributed by atoms with E-state index in [9.17, 15) is 9.59 Å². The van der Waals surface area contributed by atoms with Gasteiger partial charge in [-0.2, -0.15) is 5.26 Å². The Morgan fingerprint density at radius 3 is 2.12 bits per heavy atom. The number of carbonyl (C=O) groups is 2. The van der Waals surface area contributed by atoms with Crippen molar-refractivity contribution in [2.45, 2.75) is 6.54 Å². The van der Waals surface area contributed by atoms with Gasteiger partial charge in [0.15, 0.2) is 0 Å². The van der Waals surface area contributed by atoms with Gasteiger partial charge in [-0.25, -0.2) is 9.59 Å². The molecule has 7 heteroatoms. The number of rotatable bonds is 4. The van der Waals surface area contributed by atoms with Crippen molar-refractivity contribution >= 4 is 23.5 Å². The largest absolute Gasteiger partial charge is 0.453 e. The summed E-state index contributed by atoms with van der Waals surface area (Å²) in [5.41, 5.74) is 2.67. The van der Waals surface area contributed by atoms with Crippen LogP contribution in [0.25, 0.3) is 0 Å². The highest BCUT2D eigenvalue weighted by molar-refractivity contribution is 5.90. The third-order valence-corrected chi connectivity index (χ3v) is 3.42. The normalized spacial score (nSPS) is 9.64. The number of hydrogen-bond acceptors (Lipinski definition) is 4. The highest BCUT2D eigenvalue weighted by Gasteiger charge is 2.10. The molecular formula is C18H18N4O3. The molecule has 2 N–H and O–H groups in total. The van der Waals surface area contributed by atoms with Crippen molar-refractivity contribution in [3.63, 3.8) is 0 Å². The van der Waals surface area contributed by atoms with Crippen molar-refractivity contribution in [2.24, 2.45) is 0 Å². The lowest BCUT2D eigenvalue weighted by molar-refractivity contribution is 0.187. The van der Waals surface area contributed by atoms with Crippen molar-refractivity contribution in [3.05, 3.63) is 59.7 Å². The number of urea groups is 1. The molecule has 2 aromatic carbocycles. The van der Waals surface area contributed by atoms with E-state index in [0.29, 0.717) is 23.5 Å². The van der Waals surface area contributed by atoms with E-state index in [1.165, 1.54) is 12.0 Å². The maximum Gasteiger partial charge on any atom is 0.411 e. The van der Waals surface area contributed by atoms with E-state index in [-0.39, 0.29) is 6.03 Å². The van der Waals surface area contributed by atoms with Crippen LogP contribution in [0.1, 0.15) is 11.1 Å². The first kappa shape index (κ1) is 17.8. The van der Waals surface area contributed by atoms with Gasteiger partial charge in [-0.15, -0.1) is 0 Å². The zero-order valence-electron chi connectivity index (χ0n) is 13.9. The van der Waals surface area contributed by atoms with Crippen molar-refractivity contribution in [1.29, 1.82) is 5.26 Å². The van der Waals surface area contributed by atoms with Gasteiger partial charge >= 0.3 is 12.1 Å². The molecular weight excluding hydrogens is 320 g/mol. The van der Waals surface area contributed by atoms with Crippen LogP contribution in [0.5, 0.6) is 0 Å². The molecule has 0 fully saturated rings. The summed E-state index contributed by atoms with van der Waals surface area (Å²) in [4.78, 5) is 24.9. The van der Waals surface area contributed by atoms with Gasteiger partial charge in [-0.3, -0.25) is 5.32 Å². The molecule has 2 rings (SSSR count). The smallest absolute Gasteiger partial charge is 0.411 e. The van der Waals surface area contributed by atoms with Gasteiger partial charge in [0.2, 0.25) is 0 Å². The molecule has 0 heterocycles. The van der Waals surface area contributed by atoms with E-state index in [1.807, 2.05) is 12.1 Å². The molecule has 0 aliphatic heterocycles. The second kappa shape index (κ2) is 8.36. The molecule has 7 nitrogen and oxygen atoms in total. The quantitative estimate of drug-likeness (QED) is 0.893. The van der Waals surface area contributed by atoms with E-state index < -0.39 is 6.09 Å². The fraction of sp³-hybridized carbons (Fsp3) is 0.167. The van der Waals surface area contributed by atoms with E-state index in [2.05, 4.69) is 21.4 Å². The van der Waals surface area contributed by atoms with Crippen molar-refractivity contribution < 1.29 is 14.3 Å². The fourth-order valence-corrected chi connectivity index (χ4v) is 2.06. The van der Waals surface area contributed by atoms with E-state index in [0.717, 1.165) is 5.56 Å². The first-order valence-electron chi connectivity index (χ1n) is 7.48. The summed E-state index contributed by atoms with van der Waals surface area (Å²) in [6.45, 7) is 0.416. The Morgan fingerprint density at radius 1 is 1.04 bits per heavy atom. The van der Waals surface area contributed by atoms with Crippen molar-refractivity contribution in [3.8, 4) is 6.07 Å². The Hall–Kier alpha value is -3.53. The molecule has 3 amide bonds. The lowest BCUT2D eigenvalue weighted by Gasteiger charge is -2.18. The maximum absolute atomic E-state index is 12.2. The minimum absolute atomic E-state index is 0.266. The molecule has 0 radical (unpaired) electrons. The number of anilines is 2. The first-order chi connectivity index (χ1) is 12.0. The summed E-state index contributed by atoms with van der Waals surface area (Å²) in [5.74, 6) is 0. The Labute approximate surface area is 145 Å². The van der Waals surface area contributed by atoms with Gasteiger partial charge in [-0.1, -0.05) is 12.1 Å². The number of methoxy groups -OCH3 is 1. The molecule has 0 aliphatic rings. The number of carbonyl (C=O) groups excluding carboxylic acids is 2. The van der Waals surface area contributed by atoms with Gasteiger partial charge in [-0.05, 0) is 42.0 Å². The molecule has 128 valence electrons. The SMILES string of the molecule is COC(=O)Nc1ccc(NC(=O)N(C)Cc2ccc(C#N)cc2)cc1. The number of benzene rings is 2. The van der Waals surface area contributed by atoms with Crippen LogP contribution in [0.15, 0.2) is 48.5 Å². The van der Waals surface area contributed by atoms with E-state index >= 15 is 0 Å². The minimum atomic E-state index is -0.557. The highest BCUT2D eigenvalue weighted by atomic mass is 16.5. The molecule has 0 aromatic heterocycles. The Morgan fingerprint density at radius 2 is 1.60 bits per heavy atom. The summed E-state index contributed by atoms with van der Waals surface area (Å²) >= 11 is 0. The van der Waals surface area contributed by atoms with Crippen LogP contribution in [-0.4, -0.2) is 31.2 Å². The summed E-state index contributed by atoms with van der Waals surface area (Å²) in [5, 5.41) is 14.1. The number of nitrogens with zero attached hydrogens (tertiary/aromatic N) is 2. The first-order valence-corrected chi connectivity index (χ1v) is 7.48. The van der Waals surface area contributed by atoms with Crippen LogP contribution >= 0.6 is 0 Å². The number of hydrogen-bond donors (Lipinski definition) is 2. The molecule has 0 bridgehead atoms. The molecule has 25 heavy (non-hydrogen) atoms. The average Bonchev–Trinajstić information content (AvgIpc) is 2.63. The summed E-state index contributed by atoms with van der Waals surface area (Å²) in [7, 11) is 2.97. The Kier molecular flexibility index (Phi) is 5.96. The van der Waals surface area contributed by atoms with Crippen molar-refractivity contribution in [1.82, 2.24) is 4.90 Å². The van der Waals surface area contributed by atoms with E-state index in [1.54, 1.807) is 43.4 Å². The zero-order valence-corrected chi connectivity index (χ0v) is 13.9. The molecule has 0 aliphatic carbocycles. The van der Waals surface area contributed by atoms with Crippen LogP contribution in [0.2, 0.25) is 0 Å². The molecule has 2 aromatic rings. The van der Waals surface area contributed by atoms with Crippen LogP contribution in [0.4, 0.5) is 21.0 Å². The maximum atomic E-state index is 12.2. The number of nitriles is 1. The summed E-state index contributed by atoms with van der Waals surface area (Å²) in [6.07, 6.45) is -0.557. The Balaban J connectivity index is 1.91. The average molecular weight is 338 g/mol. The monoisotopic (exact) mass is 338 g/mol. The molecule has 0 spiro atoms. The van der Waals surface area contributed by atoms with Gasteiger partial charge in [0, 0.05) is 25.0 Å². The number of amides is 3. The molecule has 0 saturated heterocycles.